The van der Waals surface area contributed by atoms with Gasteiger partial charge >= 0.3 is 0 Å². The fourth-order valence-electron chi connectivity index (χ4n) is 2.27. The first-order chi connectivity index (χ1) is 7.39. The van der Waals surface area contributed by atoms with Crippen molar-refractivity contribution < 1.29 is 0 Å². The molecule has 0 heterocycles. The highest BCUT2D eigenvalue weighted by Gasteiger charge is 2.37. The van der Waals surface area contributed by atoms with Gasteiger partial charge in [-0.1, -0.05) is 20.8 Å². The molecule has 0 aromatic carbocycles. The van der Waals surface area contributed by atoms with Crippen LogP contribution in [0.2, 0.25) is 0 Å². The topological polar surface area (TPSA) is 29.3 Å². The molecule has 1 fully saturated rings. The van der Waals surface area contributed by atoms with Crippen LogP contribution in [0, 0.1) is 17.8 Å². The van der Waals surface area contributed by atoms with E-state index in [0.29, 0.717) is 0 Å². The number of nitrogens with two attached hydrogens (primary N) is 1. The minimum atomic E-state index is 0.201. The van der Waals surface area contributed by atoms with Gasteiger partial charge < -0.3 is 5.73 Å². The van der Waals surface area contributed by atoms with Crippen molar-refractivity contribution in [2.75, 3.05) is 20.1 Å². The number of nitrogens with zero attached hydrogens (tertiary/aromatic N) is 1. The Morgan fingerprint density at radius 3 is 2.38 bits per heavy atom. The van der Waals surface area contributed by atoms with Gasteiger partial charge in [0.1, 0.15) is 0 Å². The van der Waals surface area contributed by atoms with E-state index in [1.165, 1.54) is 25.8 Å². The van der Waals surface area contributed by atoms with Gasteiger partial charge in [0, 0.05) is 18.6 Å². The third-order valence-corrected chi connectivity index (χ3v) is 4.41. The van der Waals surface area contributed by atoms with Crippen molar-refractivity contribution in [1.82, 2.24) is 4.90 Å². The molecule has 2 N–H and O–H groups in total. The van der Waals surface area contributed by atoms with Crippen molar-refractivity contribution in [3.8, 4) is 0 Å². The van der Waals surface area contributed by atoms with E-state index in [1.54, 1.807) is 0 Å². The molecule has 1 saturated carbocycles. The van der Waals surface area contributed by atoms with Gasteiger partial charge in [0.15, 0.2) is 0 Å². The molecule has 0 radical (unpaired) electrons. The van der Waals surface area contributed by atoms with Gasteiger partial charge in [-0.2, -0.15) is 0 Å². The van der Waals surface area contributed by atoms with Gasteiger partial charge in [-0.15, -0.1) is 0 Å². The van der Waals surface area contributed by atoms with Crippen LogP contribution >= 0.6 is 0 Å². The number of likely N-dealkylation sites (N-methyl/N-ethyl adjacent to an activating group) is 1. The lowest BCUT2D eigenvalue weighted by molar-refractivity contribution is 0.119. The van der Waals surface area contributed by atoms with E-state index in [0.717, 1.165) is 24.3 Å². The highest BCUT2D eigenvalue weighted by atomic mass is 15.2. The summed E-state index contributed by atoms with van der Waals surface area (Å²) in [6.45, 7) is 11.3. The monoisotopic (exact) mass is 226 g/mol. The van der Waals surface area contributed by atoms with Crippen molar-refractivity contribution in [2.24, 2.45) is 23.5 Å². The van der Waals surface area contributed by atoms with E-state index in [4.69, 9.17) is 5.73 Å². The molecule has 0 aromatic rings. The van der Waals surface area contributed by atoms with Crippen LogP contribution in [0.3, 0.4) is 0 Å². The van der Waals surface area contributed by atoms with Crippen LogP contribution < -0.4 is 5.73 Å². The quantitative estimate of drug-likeness (QED) is 0.723. The Bertz CT molecular complexity index is 215. The van der Waals surface area contributed by atoms with Gasteiger partial charge in [0.05, 0.1) is 0 Å². The Morgan fingerprint density at radius 1 is 1.44 bits per heavy atom. The minimum absolute atomic E-state index is 0.201. The molecule has 0 aliphatic heterocycles. The highest BCUT2D eigenvalue weighted by molar-refractivity contribution is 4.91. The maximum Gasteiger partial charge on any atom is 0.0300 e. The van der Waals surface area contributed by atoms with Crippen LogP contribution in [-0.4, -0.2) is 30.6 Å². The molecule has 1 aliphatic carbocycles. The molecule has 0 aromatic heterocycles. The Balaban J connectivity index is 2.42. The zero-order valence-corrected chi connectivity index (χ0v) is 11.8. The molecule has 96 valence electrons. The predicted octanol–water partition coefficient (Wildman–Crippen LogP) is 2.73. The van der Waals surface area contributed by atoms with Crippen LogP contribution in [0.1, 0.15) is 47.0 Å². The van der Waals surface area contributed by atoms with E-state index < -0.39 is 0 Å². The van der Waals surface area contributed by atoms with Crippen LogP contribution in [0.5, 0.6) is 0 Å². The van der Waals surface area contributed by atoms with Crippen LogP contribution in [0.25, 0.3) is 0 Å². The molecule has 0 spiro atoms. The van der Waals surface area contributed by atoms with E-state index >= 15 is 0 Å². The van der Waals surface area contributed by atoms with Gasteiger partial charge in [0.2, 0.25) is 0 Å². The zero-order chi connectivity index (χ0) is 12.3. The SMILES string of the molecule is CC(C)CCC(C)(CN)N(C)CC1CC1C. The second-order valence-corrected chi connectivity index (χ2v) is 6.49. The summed E-state index contributed by atoms with van der Waals surface area (Å²) in [7, 11) is 2.25. The molecule has 1 rings (SSSR count). The summed E-state index contributed by atoms with van der Waals surface area (Å²) in [6.07, 6.45) is 3.91. The average molecular weight is 226 g/mol. The summed E-state index contributed by atoms with van der Waals surface area (Å²) >= 11 is 0. The maximum atomic E-state index is 5.98. The summed E-state index contributed by atoms with van der Waals surface area (Å²) in [4.78, 5) is 2.50. The average Bonchev–Trinajstić information content (AvgIpc) is 2.90. The molecule has 0 bridgehead atoms. The summed E-state index contributed by atoms with van der Waals surface area (Å²) in [5.41, 5.74) is 6.18. The zero-order valence-electron chi connectivity index (χ0n) is 11.8. The van der Waals surface area contributed by atoms with Crippen molar-refractivity contribution in [2.45, 2.75) is 52.5 Å². The molecule has 3 unspecified atom stereocenters. The lowest BCUT2D eigenvalue weighted by atomic mass is 9.90. The third kappa shape index (κ3) is 3.74. The molecule has 0 saturated heterocycles. The Morgan fingerprint density at radius 2 is 2.00 bits per heavy atom. The molecule has 3 atom stereocenters. The summed E-state index contributed by atoms with van der Waals surface area (Å²) in [6, 6.07) is 0. The third-order valence-electron chi connectivity index (χ3n) is 4.41. The molecular formula is C14H30N2. The summed E-state index contributed by atoms with van der Waals surface area (Å²) in [5, 5.41) is 0. The maximum absolute atomic E-state index is 5.98. The van der Waals surface area contributed by atoms with Gasteiger partial charge in [0.25, 0.3) is 0 Å². The molecule has 2 heteroatoms. The summed E-state index contributed by atoms with van der Waals surface area (Å²) < 4.78 is 0. The predicted molar refractivity (Wildman–Crippen MR) is 71.4 cm³/mol. The lowest BCUT2D eigenvalue weighted by Crippen LogP contribution is -2.50. The van der Waals surface area contributed by atoms with Gasteiger partial charge in [-0.05, 0) is 51.0 Å². The second-order valence-electron chi connectivity index (χ2n) is 6.49. The smallest absolute Gasteiger partial charge is 0.0300 e. The van der Waals surface area contributed by atoms with E-state index in [1.807, 2.05) is 0 Å². The van der Waals surface area contributed by atoms with Crippen molar-refractivity contribution in [3.05, 3.63) is 0 Å². The summed E-state index contributed by atoms with van der Waals surface area (Å²) in [5.74, 6) is 2.64. The molecule has 2 nitrogen and oxygen atoms in total. The van der Waals surface area contributed by atoms with Crippen molar-refractivity contribution in [3.63, 3.8) is 0 Å². The molecule has 1 aliphatic rings. The first kappa shape index (κ1) is 14.0. The van der Waals surface area contributed by atoms with E-state index in [2.05, 4.69) is 39.6 Å². The van der Waals surface area contributed by atoms with E-state index in [9.17, 15) is 0 Å². The van der Waals surface area contributed by atoms with Crippen LogP contribution in [0.15, 0.2) is 0 Å². The highest BCUT2D eigenvalue weighted by Crippen LogP contribution is 2.39. The largest absolute Gasteiger partial charge is 0.329 e. The standard InChI is InChI=1S/C14H30N2/c1-11(2)6-7-14(4,10-15)16(5)9-13-8-12(13)3/h11-13H,6-10,15H2,1-5H3. The molecular weight excluding hydrogens is 196 g/mol. The Hall–Kier alpha value is -0.0800. The van der Waals surface area contributed by atoms with Crippen molar-refractivity contribution >= 4 is 0 Å². The Kier molecular flexibility index (Phi) is 4.81. The van der Waals surface area contributed by atoms with Gasteiger partial charge in [-0.25, -0.2) is 0 Å². The van der Waals surface area contributed by atoms with Crippen LogP contribution in [0.4, 0.5) is 0 Å². The first-order valence-electron chi connectivity index (χ1n) is 6.80. The minimum Gasteiger partial charge on any atom is -0.329 e. The van der Waals surface area contributed by atoms with Crippen molar-refractivity contribution in [1.29, 1.82) is 0 Å². The fraction of sp³-hybridized carbons (Fsp3) is 1.00. The Labute approximate surface area is 102 Å². The normalized spacial score (nSPS) is 28.5. The van der Waals surface area contributed by atoms with E-state index in [-0.39, 0.29) is 5.54 Å². The second kappa shape index (κ2) is 5.50. The number of hydrogen-bond acceptors (Lipinski definition) is 2. The molecule has 0 amide bonds. The first-order valence-corrected chi connectivity index (χ1v) is 6.80. The number of rotatable bonds is 7. The lowest BCUT2D eigenvalue weighted by Gasteiger charge is -2.39. The number of hydrogen-bond donors (Lipinski definition) is 1. The molecule has 16 heavy (non-hydrogen) atoms. The van der Waals surface area contributed by atoms with Gasteiger partial charge in [-0.3, -0.25) is 4.90 Å². The fourth-order valence-corrected chi connectivity index (χ4v) is 2.27. The van der Waals surface area contributed by atoms with Crippen LogP contribution in [-0.2, 0) is 0 Å².